The number of benzene rings is 2. The number of carbonyl (C=O) groups excluding carboxylic acids is 2. The largest absolute Gasteiger partial charge is 0.507 e. The van der Waals surface area contributed by atoms with Crippen molar-refractivity contribution in [2.45, 2.75) is 6.04 Å². The first-order valence-corrected chi connectivity index (χ1v) is 11.1. The zero-order valence-electron chi connectivity index (χ0n) is 20.0. The number of carbonyl (C=O) groups is 2. The van der Waals surface area contributed by atoms with E-state index >= 15 is 0 Å². The van der Waals surface area contributed by atoms with Crippen LogP contribution in [0.25, 0.3) is 16.8 Å². The quantitative estimate of drug-likeness (QED) is 0.231. The molecule has 2 N–H and O–H groups in total. The molecule has 10 nitrogen and oxygen atoms in total. The van der Waals surface area contributed by atoms with Gasteiger partial charge in [0, 0.05) is 18.3 Å². The van der Waals surface area contributed by atoms with Crippen molar-refractivity contribution >= 4 is 34.4 Å². The zero-order valence-corrected chi connectivity index (χ0v) is 20.0. The molecule has 5 rings (SSSR count). The molecule has 188 valence electrons. The van der Waals surface area contributed by atoms with E-state index in [1.54, 1.807) is 30.3 Å². The maximum atomic E-state index is 14.1. The Morgan fingerprint density at radius 2 is 1.73 bits per heavy atom. The molecule has 0 saturated carbocycles. The van der Waals surface area contributed by atoms with Crippen LogP contribution in [0.3, 0.4) is 0 Å². The number of nitrogens with zero attached hydrogens (tertiary/aromatic N) is 3. The molecule has 1 aliphatic heterocycles. The molecule has 37 heavy (non-hydrogen) atoms. The summed E-state index contributed by atoms with van der Waals surface area (Å²) in [6.07, 6.45) is 1.49. The lowest BCUT2D eigenvalue weighted by atomic mass is 9.98. The maximum Gasteiger partial charge on any atom is 0.302 e. The first-order chi connectivity index (χ1) is 17.9. The third kappa shape index (κ3) is 3.90. The Balaban J connectivity index is 1.74. The van der Waals surface area contributed by atoms with Crippen LogP contribution in [-0.2, 0) is 9.59 Å². The summed E-state index contributed by atoms with van der Waals surface area (Å²) in [6, 6.07) is 10.6. The van der Waals surface area contributed by atoms with Crippen LogP contribution in [0.15, 0.2) is 60.3 Å². The standard InChI is InChI=1S/C26H21FN4O6/c1-35-18-8-7-13(27)10-14(18)23(32)21-22(15-6-4-5-9-28-15)31(25(34)24(21)33)26-29-16-11-19(36-2)20(37-3)12-17(16)30-26/h4-12,22,32H,1-3H3,(H,29,30)/b23-21+. The number of nitrogens with one attached hydrogen (secondary N) is 1. The van der Waals surface area contributed by atoms with E-state index in [1.165, 1.54) is 33.6 Å². The molecule has 0 spiro atoms. The summed E-state index contributed by atoms with van der Waals surface area (Å²) in [5, 5.41) is 11.3. The number of fused-ring (bicyclic) bond motifs is 1. The van der Waals surface area contributed by atoms with Crippen LogP contribution in [0, 0.1) is 5.82 Å². The number of methoxy groups -OCH3 is 3. The fourth-order valence-electron chi connectivity index (χ4n) is 4.32. The average Bonchev–Trinajstić information content (AvgIpc) is 3.45. The molecule has 1 aliphatic rings. The van der Waals surface area contributed by atoms with Crippen molar-refractivity contribution in [3.63, 3.8) is 0 Å². The molecule has 1 atom stereocenters. The van der Waals surface area contributed by atoms with Gasteiger partial charge in [0.1, 0.15) is 23.4 Å². The summed E-state index contributed by atoms with van der Waals surface area (Å²) in [5.41, 5.74) is 0.875. The van der Waals surface area contributed by atoms with E-state index in [9.17, 15) is 19.1 Å². The molecule has 0 bridgehead atoms. The lowest BCUT2D eigenvalue weighted by Crippen LogP contribution is -2.30. The highest BCUT2D eigenvalue weighted by molar-refractivity contribution is 6.51. The minimum absolute atomic E-state index is 0.0355. The smallest absolute Gasteiger partial charge is 0.302 e. The fourth-order valence-corrected chi connectivity index (χ4v) is 4.32. The molecule has 4 aromatic rings. The Labute approximate surface area is 209 Å². The number of amides is 1. The van der Waals surface area contributed by atoms with Crippen molar-refractivity contribution in [1.82, 2.24) is 15.0 Å². The molecule has 2 aromatic carbocycles. The number of ketones is 1. The number of halogens is 1. The molecule has 1 unspecified atom stereocenters. The lowest BCUT2D eigenvalue weighted by Gasteiger charge is -2.22. The highest BCUT2D eigenvalue weighted by Crippen LogP contribution is 2.43. The summed E-state index contributed by atoms with van der Waals surface area (Å²) in [4.78, 5) is 39.7. The number of H-pyrrole nitrogens is 1. The van der Waals surface area contributed by atoms with Gasteiger partial charge < -0.3 is 24.3 Å². The number of hydrogen-bond acceptors (Lipinski definition) is 8. The van der Waals surface area contributed by atoms with Crippen LogP contribution in [-0.4, -0.2) is 53.1 Å². The molecular formula is C26H21FN4O6. The number of Topliss-reactive ketones (excluding diaryl/α,β-unsaturated/α-hetero) is 1. The number of hydrogen-bond donors (Lipinski definition) is 2. The van der Waals surface area contributed by atoms with Gasteiger partial charge in [0.15, 0.2) is 11.5 Å². The molecule has 0 aliphatic carbocycles. The Hall–Kier alpha value is -4.93. The molecular weight excluding hydrogens is 483 g/mol. The van der Waals surface area contributed by atoms with Crippen molar-refractivity contribution in [2.24, 2.45) is 0 Å². The summed E-state index contributed by atoms with van der Waals surface area (Å²) in [5.74, 6) is -2.19. The van der Waals surface area contributed by atoms with Gasteiger partial charge in [-0.25, -0.2) is 9.37 Å². The van der Waals surface area contributed by atoms with E-state index in [0.29, 0.717) is 22.5 Å². The Bertz CT molecular complexity index is 1530. The second-order valence-corrected chi connectivity index (χ2v) is 8.05. The second kappa shape index (κ2) is 9.26. The van der Waals surface area contributed by atoms with Crippen molar-refractivity contribution in [1.29, 1.82) is 0 Å². The number of aliphatic hydroxyl groups is 1. The van der Waals surface area contributed by atoms with E-state index < -0.39 is 29.3 Å². The number of rotatable bonds is 6. The number of aliphatic hydroxyl groups excluding tert-OH is 1. The predicted molar refractivity (Wildman–Crippen MR) is 131 cm³/mol. The molecule has 3 heterocycles. The summed E-state index contributed by atoms with van der Waals surface area (Å²) in [7, 11) is 4.31. The fraction of sp³-hybridized carbons (Fsp3) is 0.154. The van der Waals surface area contributed by atoms with Gasteiger partial charge in [0.25, 0.3) is 5.78 Å². The van der Waals surface area contributed by atoms with Gasteiger partial charge in [0.05, 0.1) is 49.2 Å². The zero-order chi connectivity index (χ0) is 26.3. The summed E-state index contributed by atoms with van der Waals surface area (Å²) < 4.78 is 30.0. The Morgan fingerprint density at radius 1 is 1.00 bits per heavy atom. The third-order valence-electron chi connectivity index (χ3n) is 6.03. The van der Waals surface area contributed by atoms with E-state index in [1.807, 2.05) is 0 Å². The van der Waals surface area contributed by atoms with Crippen LogP contribution in [0.4, 0.5) is 10.3 Å². The SMILES string of the molecule is COc1cc2nc(N3C(=O)C(=O)/C(=C(/O)c4cc(F)ccc4OC)C3c3ccccn3)[nH]c2cc1OC. The number of imidazole rings is 1. The average molecular weight is 504 g/mol. The summed E-state index contributed by atoms with van der Waals surface area (Å²) in [6.45, 7) is 0. The van der Waals surface area contributed by atoms with Gasteiger partial charge in [-0.1, -0.05) is 6.07 Å². The van der Waals surface area contributed by atoms with Crippen molar-refractivity contribution in [3.8, 4) is 17.2 Å². The summed E-state index contributed by atoms with van der Waals surface area (Å²) >= 11 is 0. The Kier molecular flexibility index (Phi) is 5.96. The molecule has 0 radical (unpaired) electrons. The highest BCUT2D eigenvalue weighted by atomic mass is 19.1. The van der Waals surface area contributed by atoms with Crippen LogP contribution in [0.5, 0.6) is 17.2 Å². The van der Waals surface area contributed by atoms with Gasteiger partial charge in [-0.15, -0.1) is 0 Å². The van der Waals surface area contributed by atoms with Gasteiger partial charge in [-0.05, 0) is 30.3 Å². The van der Waals surface area contributed by atoms with Crippen molar-refractivity contribution in [3.05, 3.63) is 77.4 Å². The van der Waals surface area contributed by atoms with E-state index in [-0.39, 0.29) is 28.5 Å². The van der Waals surface area contributed by atoms with Crippen LogP contribution in [0.2, 0.25) is 0 Å². The van der Waals surface area contributed by atoms with E-state index in [2.05, 4.69) is 15.0 Å². The normalized spacial score (nSPS) is 16.9. The molecule has 1 amide bonds. The van der Waals surface area contributed by atoms with Crippen molar-refractivity contribution < 1.29 is 33.3 Å². The third-order valence-corrected chi connectivity index (χ3v) is 6.03. The van der Waals surface area contributed by atoms with Crippen LogP contribution >= 0.6 is 0 Å². The molecule has 1 fully saturated rings. The number of ether oxygens (including phenoxy) is 3. The van der Waals surface area contributed by atoms with E-state index in [0.717, 1.165) is 17.0 Å². The topological polar surface area (TPSA) is 127 Å². The first-order valence-electron chi connectivity index (χ1n) is 11.1. The monoisotopic (exact) mass is 504 g/mol. The maximum absolute atomic E-state index is 14.1. The Morgan fingerprint density at radius 3 is 2.41 bits per heavy atom. The number of aromatic amines is 1. The van der Waals surface area contributed by atoms with Crippen LogP contribution < -0.4 is 19.1 Å². The molecule has 2 aromatic heterocycles. The number of anilines is 1. The number of aromatic nitrogens is 3. The molecule has 1 saturated heterocycles. The lowest BCUT2D eigenvalue weighted by molar-refractivity contribution is -0.132. The predicted octanol–water partition coefficient (Wildman–Crippen LogP) is 3.75. The molecule has 11 heteroatoms. The van der Waals surface area contributed by atoms with Gasteiger partial charge in [-0.3, -0.25) is 19.5 Å². The van der Waals surface area contributed by atoms with E-state index in [4.69, 9.17) is 14.2 Å². The minimum Gasteiger partial charge on any atom is -0.507 e. The first kappa shape index (κ1) is 23.8. The van der Waals surface area contributed by atoms with Gasteiger partial charge >= 0.3 is 5.91 Å². The van der Waals surface area contributed by atoms with Crippen LogP contribution in [0.1, 0.15) is 17.3 Å². The van der Waals surface area contributed by atoms with Crippen molar-refractivity contribution in [2.75, 3.05) is 26.2 Å². The highest BCUT2D eigenvalue weighted by Gasteiger charge is 2.49. The van der Waals surface area contributed by atoms with Gasteiger partial charge in [-0.2, -0.15) is 0 Å². The second-order valence-electron chi connectivity index (χ2n) is 8.05. The minimum atomic E-state index is -1.17. The van der Waals surface area contributed by atoms with Gasteiger partial charge in [0.2, 0.25) is 5.95 Å². The number of pyridine rings is 1.